The van der Waals surface area contributed by atoms with Gasteiger partial charge in [-0.2, -0.15) is 0 Å². The van der Waals surface area contributed by atoms with Crippen LogP contribution >= 0.6 is 0 Å². The van der Waals surface area contributed by atoms with E-state index in [0.717, 1.165) is 11.1 Å². The third kappa shape index (κ3) is 4.49. The van der Waals surface area contributed by atoms with Crippen molar-refractivity contribution >= 4 is 12.1 Å². The molecule has 0 unspecified atom stereocenters. The van der Waals surface area contributed by atoms with E-state index < -0.39 is 0 Å². The van der Waals surface area contributed by atoms with E-state index >= 15 is 0 Å². The highest BCUT2D eigenvalue weighted by molar-refractivity contribution is 5.76. The first-order chi connectivity index (χ1) is 10.2. The highest BCUT2D eigenvalue weighted by Crippen LogP contribution is 2.08. The van der Waals surface area contributed by atoms with Crippen LogP contribution in [0.3, 0.4) is 0 Å². The van der Waals surface area contributed by atoms with E-state index in [9.17, 15) is 4.79 Å². The number of nitrogens with zero attached hydrogens (tertiary/aromatic N) is 1. The molecular weight excluding hydrogens is 260 g/mol. The van der Waals surface area contributed by atoms with Gasteiger partial charge >= 0.3 is 6.03 Å². The van der Waals surface area contributed by atoms with E-state index in [-0.39, 0.29) is 6.03 Å². The van der Waals surface area contributed by atoms with Gasteiger partial charge in [0.1, 0.15) is 0 Å². The van der Waals surface area contributed by atoms with Gasteiger partial charge in [0.2, 0.25) is 0 Å². The summed E-state index contributed by atoms with van der Waals surface area (Å²) >= 11 is 0. The Hall–Kier alpha value is -2.55. The molecule has 2 amide bonds. The molecule has 2 rings (SSSR count). The second kappa shape index (κ2) is 7.29. The predicted octanol–water partition coefficient (Wildman–Crippen LogP) is 3.81. The zero-order chi connectivity index (χ0) is 15.1. The Morgan fingerprint density at radius 2 is 1.76 bits per heavy atom. The fourth-order valence-corrected chi connectivity index (χ4v) is 2.02. The van der Waals surface area contributed by atoms with Gasteiger partial charge in [-0.25, -0.2) is 4.79 Å². The number of carbonyl (C=O) groups is 1. The Balaban J connectivity index is 1.88. The third-order valence-corrected chi connectivity index (χ3v) is 3.27. The Kier molecular flexibility index (Phi) is 5.16. The Labute approximate surface area is 125 Å². The number of amides is 2. The molecular formula is C18H20N2O. The molecule has 21 heavy (non-hydrogen) atoms. The summed E-state index contributed by atoms with van der Waals surface area (Å²) in [7, 11) is 1.78. The van der Waals surface area contributed by atoms with Crippen molar-refractivity contribution in [1.82, 2.24) is 10.2 Å². The van der Waals surface area contributed by atoms with Crippen LogP contribution in [-0.2, 0) is 6.54 Å². The standard InChI is InChI=1S/C18H20N2O/c1-15-8-6-7-11-17(15)12-13-19-18(21)20(2)14-16-9-4-3-5-10-16/h3-13H,14H2,1-2H3,(H,19,21)/b13-12+. The molecule has 0 atom stereocenters. The van der Waals surface area contributed by atoms with Crippen LogP contribution in [0.4, 0.5) is 4.79 Å². The molecule has 0 fully saturated rings. The Morgan fingerprint density at radius 3 is 2.48 bits per heavy atom. The lowest BCUT2D eigenvalue weighted by molar-refractivity contribution is 0.211. The highest BCUT2D eigenvalue weighted by atomic mass is 16.2. The normalized spacial score (nSPS) is 10.6. The molecule has 2 aromatic rings. The highest BCUT2D eigenvalue weighted by Gasteiger charge is 2.06. The number of benzene rings is 2. The van der Waals surface area contributed by atoms with Crippen molar-refractivity contribution in [3.05, 3.63) is 77.5 Å². The number of hydrogen-bond donors (Lipinski definition) is 1. The lowest BCUT2D eigenvalue weighted by atomic mass is 10.1. The number of nitrogens with one attached hydrogen (secondary N) is 1. The van der Waals surface area contributed by atoms with Crippen LogP contribution in [0.5, 0.6) is 0 Å². The topological polar surface area (TPSA) is 32.3 Å². The van der Waals surface area contributed by atoms with Gasteiger partial charge in [0.15, 0.2) is 0 Å². The van der Waals surface area contributed by atoms with E-state index in [2.05, 4.69) is 5.32 Å². The van der Waals surface area contributed by atoms with Crippen molar-refractivity contribution in [2.75, 3.05) is 7.05 Å². The lowest BCUT2D eigenvalue weighted by Gasteiger charge is -2.16. The fraction of sp³-hybridized carbons (Fsp3) is 0.167. The van der Waals surface area contributed by atoms with E-state index in [4.69, 9.17) is 0 Å². The largest absolute Gasteiger partial charge is 0.323 e. The predicted molar refractivity (Wildman–Crippen MR) is 86.7 cm³/mol. The van der Waals surface area contributed by atoms with Gasteiger partial charge in [-0.3, -0.25) is 0 Å². The summed E-state index contributed by atoms with van der Waals surface area (Å²) in [6, 6.07) is 17.8. The van der Waals surface area contributed by atoms with Crippen molar-refractivity contribution in [1.29, 1.82) is 0 Å². The van der Waals surface area contributed by atoms with E-state index in [0.29, 0.717) is 6.54 Å². The van der Waals surface area contributed by atoms with Crippen LogP contribution in [0.15, 0.2) is 60.8 Å². The van der Waals surface area contributed by atoms with Crippen LogP contribution < -0.4 is 5.32 Å². The van der Waals surface area contributed by atoms with Crippen LogP contribution in [0.25, 0.3) is 6.08 Å². The maximum absolute atomic E-state index is 12.0. The number of carbonyl (C=O) groups excluding carboxylic acids is 1. The molecule has 3 nitrogen and oxygen atoms in total. The molecule has 0 heterocycles. The molecule has 0 aliphatic carbocycles. The summed E-state index contributed by atoms with van der Waals surface area (Å²) in [5.41, 5.74) is 3.39. The maximum Gasteiger partial charge on any atom is 0.321 e. The van der Waals surface area contributed by atoms with Crippen molar-refractivity contribution in [2.45, 2.75) is 13.5 Å². The van der Waals surface area contributed by atoms with E-state index in [1.165, 1.54) is 5.56 Å². The van der Waals surface area contributed by atoms with Gasteiger partial charge in [-0.15, -0.1) is 0 Å². The molecule has 0 spiro atoms. The fourth-order valence-electron chi connectivity index (χ4n) is 2.02. The van der Waals surface area contributed by atoms with Gasteiger partial charge in [-0.1, -0.05) is 54.6 Å². The van der Waals surface area contributed by atoms with Crippen LogP contribution in [0.2, 0.25) is 0 Å². The molecule has 0 bridgehead atoms. The molecule has 0 aliphatic rings. The molecule has 0 saturated heterocycles. The summed E-state index contributed by atoms with van der Waals surface area (Å²) in [6.07, 6.45) is 3.59. The van der Waals surface area contributed by atoms with Crippen LogP contribution in [0.1, 0.15) is 16.7 Å². The van der Waals surface area contributed by atoms with E-state index in [1.54, 1.807) is 18.1 Å². The summed E-state index contributed by atoms with van der Waals surface area (Å²) in [5.74, 6) is 0. The number of rotatable bonds is 4. The van der Waals surface area contributed by atoms with Crippen LogP contribution in [-0.4, -0.2) is 18.0 Å². The Bertz CT molecular complexity index is 620. The first-order valence-electron chi connectivity index (χ1n) is 6.94. The smallest absolute Gasteiger partial charge is 0.321 e. The molecule has 0 saturated carbocycles. The average molecular weight is 280 g/mol. The SMILES string of the molecule is Cc1ccccc1/C=C/NC(=O)N(C)Cc1ccccc1. The number of aryl methyl sites for hydroxylation is 1. The van der Waals surface area contributed by atoms with Gasteiger partial charge in [0.05, 0.1) is 0 Å². The monoisotopic (exact) mass is 280 g/mol. The molecule has 3 heteroatoms. The maximum atomic E-state index is 12.0. The van der Waals surface area contributed by atoms with Gasteiger partial charge < -0.3 is 10.2 Å². The second-order valence-electron chi connectivity index (χ2n) is 4.98. The van der Waals surface area contributed by atoms with Gasteiger partial charge in [0, 0.05) is 19.8 Å². The first-order valence-corrected chi connectivity index (χ1v) is 6.94. The molecule has 2 aromatic carbocycles. The minimum absolute atomic E-state index is 0.122. The summed E-state index contributed by atoms with van der Waals surface area (Å²) in [4.78, 5) is 13.6. The zero-order valence-electron chi connectivity index (χ0n) is 12.4. The summed E-state index contributed by atoms with van der Waals surface area (Å²) in [5, 5.41) is 2.78. The molecule has 1 N–H and O–H groups in total. The lowest BCUT2D eigenvalue weighted by Crippen LogP contribution is -2.33. The molecule has 0 radical (unpaired) electrons. The minimum atomic E-state index is -0.122. The molecule has 0 aliphatic heterocycles. The van der Waals surface area contributed by atoms with Gasteiger partial charge in [0.25, 0.3) is 0 Å². The number of hydrogen-bond acceptors (Lipinski definition) is 1. The minimum Gasteiger partial charge on any atom is -0.323 e. The Morgan fingerprint density at radius 1 is 1.10 bits per heavy atom. The van der Waals surface area contributed by atoms with Crippen molar-refractivity contribution in [2.24, 2.45) is 0 Å². The van der Waals surface area contributed by atoms with Gasteiger partial charge in [-0.05, 0) is 29.7 Å². The first kappa shape index (κ1) is 14.9. The zero-order valence-corrected chi connectivity index (χ0v) is 12.4. The van der Waals surface area contributed by atoms with E-state index in [1.807, 2.05) is 67.6 Å². The number of urea groups is 1. The third-order valence-electron chi connectivity index (χ3n) is 3.27. The summed E-state index contributed by atoms with van der Waals surface area (Å²) in [6.45, 7) is 2.63. The summed E-state index contributed by atoms with van der Waals surface area (Å²) < 4.78 is 0. The molecule has 0 aromatic heterocycles. The van der Waals surface area contributed by atoms with Crippen molar-refractivity contribution < 1.29 is 4.79 Å². The van der Waals surface area contributed by atoms with Crippen molar-refractivity contribution in [3.63, 3.8) is 0 Å². The molecule has 108 valence electrons. The average Bonchev–Trinajstić information content (AvgIpc) is 2.50. The van der Waals surface area contributed by atoms with Crippen LogP contribution in [0, 0.1) is 6.92 Å². The van der Waals surface area contributed by atoms with Crippen molar-refractivity contribution in [3.8, 4) is 0 Å². The second-order valence-corrected chi connectivity index (χ2v) is 4.98. The quantitative estimate of drug-likeness (QED) is 0.907.